The van der Waals surface area contributed by atoms with Crippen LogP contribution in [0.4, 0.5) is 0 Å². The van der Waals surface area contributed by atoms with Crippen LogP contribution in [0.25, 0.3) is 0 Å². The van der Waals surface area contributed by atoms with Gasteiger partial charge in [-0.05, 0) is 17.8 Å². The summed E-state index contributed by atoms with van der Waals surface area (Å²) < 4.78 is 48.0. The SMILES string of the molecule is COCC1OC(OC)C(C)C(CO)C1CO.COCC1OC(OC)C(C)C(CO)C1CO.COCC1OC(OC)C(C)C(CO)C1CO.[CH3-].[W]. The predicted molar refractivity (Wildman–Crippen MR) is 180 cm³/mol. The molecule has 15 unspecified atom stereocenters. The van der Waals surface area contributed by atoms with Crippen LogP contribution in [0.2, 0.25) is 0 Å². The van der Waals surface area contributed by atoms with Crippen LogP contribution in [0, 0.1) is 60.7 Å². The van der Waals surface area contributed by atoms with E-state index in [1.807, 2.05) is 20.8 Å². The molecule has 15 nitrogen and oxygen atoms in total. The summed E-state index contributed by atoms with van der Waals surface area (Å²) in [5, 5.41) is 56.3. The Morgan fingerprint density at radius 3 is 0.740 bits per heavy atom. The Labute approximate surface area is 314 Å². The fourth-order valence-electron chi connectivity index (χ4n) is 7.25. The summed E-state index contributed by atoms with van der Waals surface area (Å²) in [6.45, 7) is 7.10. The van der Waals surface area contributed by atoms with Gasteiger partial charge in [0.2, 0.25) is 0 Å². The van der Waals surface area contributed by atoms with Crippen molar-refractivity contribution in [3.05, 3.63) is 7.43 Å². The predicted octanol–water partition coefficient (Wildman–Crippen LogP) is 0.0194. The van der Waals surface area contributed by atoms with Crippen molar-refractivity contribution >= 4 is 0 Å². The smallest absolute Gasteiger partial charge is 0.160 e. The van der Waals surface area contributed by atoms with Crippen LogP contribution in [0.3, 0.4) is 0 Å². The number of aliphatic hydroxyl groups excluding tert-OH is 6. The first-order chi connectivity index (χ1) is 23.1. The summed E-state index contributed by atoms with van der Waals surface area (Å²) in [4.78, 5) is 0. The van der Waals surface area contributed by atoms with Gasteiger partial charge in [0.25, 0.3) is 0 Å². The molecule has 3 aliphatic heterocycles. The van der Waals surface area contributed by atoms with Crippen molar-refractivity contribution in [3.63, 3.8) is 0 Å². The molecular formula is C34H69O15W-. The molecule has 0 aromatic heterocycles. The molecule has 3 rings (SSSR count). The van der Waals surface area contributed by atoms with Crippen molar-refractivity contribution in [2.24, 2.45) is 53.3 Å². The number of methoxy groups -OCH3 is 6. The molecule has 0 spiro atoms. The largest absolute Gasteiger partial charge is 0.396 e. The molecule has 6 N–H and O–H groups in total. The number of rotatable bonds is 15. The van der Waals surface area contributed by atoms with E-state index in [1.54, 1.807) is 42.7 Å². The second-order valence-corrected chi connectivity index (χ2v) is 12.9. The fourth-order valence-corrected chi connectivity index (χ4v) is 7.25. The minimum absolute atomic E-state index is 0. The van der Waals surface area contributed by atoms with Gasteiger partial charge in [-0.2, -0.15) is 0 Å². The maximum Gasteiger partial charge on any atom is 0.160 e. The van der Waals surface area contributed by atoms with Crippen LogP contribution < -0.4 is 0 Å². The van der Waals surface area contributed by atoms with Gasteiger partial charge in [-0.25, -0.2) is 0 Å². The van der Waals surface area contributed by atoms with Crippen molar-refractivity contribution in [2.45, 2.75) is 58.0 Å². The third kappa shape index (κ3) is 14.1. The molecule has 0 aromatic rings. The van der Waals surface area contributed by atoms with Crippen LogP contribution in [-0.4, -0.2) is 170 Å². The Morgan fingerprint density at radius 1 is 0.400 bits per heavy atom. The van der Waals surface area contributed by atoms with Crippen LogP contribution >= 0.6 is 0 Å². The molecule has 16 heteroatoms. The zero-order chi connectivity index (χ0) is 36.4. The third-order valence-corrected chi connectivity index (χ3v) is 10.3. The minimum Gasteiger partial charge on any atom is -0.396 e. The van der Waals surface area contributed by atoms with E-state index < -0.39 is 0 Å². The summed E-state index contributed by atoms with van der Waals surface area (Å²) in [5.41, 5.74) is 0. The second kappa shape index (κ2) is 28.5. The van der Waals surface area contributed by atoms with E-state index in [0.29, 0.717) is 19.8 Å². The topological polar surface area (TPSA) is 204 Å². The van der Waals surface area contributed by atoms with Crippen LogP contribution in [0.5, 0.6) is 0 Å². The van der Waals surface area contributed by atoms with E-state index in [1.165, 1.54) is 0 Å². The number of hydrogen-bond acceptors (Lipinski definition) is 15. The van der Waals surface area contributed by atoms with E-state index in [2.05, 4.69) is 0 Å². The second-order valence-electron chi connectivity index (χ2n) is 12.9. The minimum atomic E-state index is -0.347. The molecule has 0 aromatic carbocycles. The van der Waals surface area contributed by atoms with Crippen molar-refractivity contribution in [3.8, 4) is 0 Å². The molecule has 3 fully saturated rings. The van der Waals surface area contributed by atoms with Crippen LogP contribution in [-0.2, 0) is 63.7 Å². The van der Waals surface area contributed by atoms with Crippen LogP contribution in [0.15, 0.2) is 0 Å². The molecule has 0 saturated carbocycles. The summed E-state index contributed by atoms with van der Waals surface area (Å²) in [7, 11) is 9.51. The first kappa shape index (κ1) is 52.2. The summed E-state index contributed by atoms with van der Waals surface area (Å²) in [6.07, 6.45) is -1.73. The molecule has 0 radical (unpaired) electrons. The Balaban J connectivity index is 0. The number of aliphatic hydroxyl groups is 6. The van der Waals surface area contributed by atoms with Crippen molar-refractivity contribution in [1.29, 1.82) is 0 Å². The third-order valence-electron chi connectivity index (χ3n) is 10.3. The van der Waals surface area contributed by atoms with Gasteiger partial charge in [0.15, 0.2) is 18.9 Å². The Hall–Kier alpha value is 0.0883. The first-order valence-electron chi connectivity index (χ1n) is 16.7. The molecule has 3 heterocycles. The van der Waals surface area contributed by atoms with Gasteiger partial charge in [-0.15, -0.1) is 0 Å². The average Bonchev–Trinajstić information content (AvgIpc) is 3.10. The Bertz CT molecular complexity index is 692. The molecule has 0 aliphatic carbocycles. The van der Waals surface area contributed by atoms with Crippen LogP contribution in [0.1, 0.15) is 20.8 Å². The van der Waals surface area contributed by atoms with E-state index in [4.69, 9.17) is 42.6 Å². The van der Waals surface area contributed by atoms with E-state index in [-0.39, 0.29) is 159 Å². The van der Waals surface area contributed by atoms with Gasteiger partial charge in [0, 0.05) is 139 Å². The van der Waals surface area contributed by atoms with Gasteiger partial charge in [-0.1, -0.05) is 20.8 Å². The van der Waals surface area contributed by atoms with Gasteiger partial charge < -0.3 is 80.7 Å². The molecule has 302 valence electrons. The Kier molecular flexibility index (Phi) is 29.8. The molecule has 3 saturated heterocycles. The molecule has 15 atom stereocenters. The first-order valence-corrected chi connectivity index (χ1v) is 16.7. The number of ether oxygens (including phenoxy) is 9. The molecule has 0 amide bonds. The number of hydrogen-bond donors (Lipinski definition) is 6. The average molecular weight is 902 g/mol. The van der Waals surface area contributed by atoms with Gasteiger partial charge in [0.1, 0.15) is 0 Å². The zero-order valence-corrected chi connectivity index (χ0v) is 34.7. The van der Waals surface area contributed by atoms with E-state index >= 15 is 0 Å². The summed E-state index contributed by atoms with van der Waals surface area (Å²) in [6, 6.07) is 0. The van der Waals surface area contributed by atoms with Gasteiger partial charge >= 0.3 is 0 Å². The van der Waals surface area contributed by atoms with Crippen molar-refractivity contribution in [2.75, 3.05) is 102 Å². The molecular weight excluding hydrogens is 832 g/mol. The van der Waals surface area contributed by atoms with Crippen molar-refractivity contribution < 1.29 is 94.3 Å². The maximum absolute atomic E-state index is 9.40. The van der Waals surface area contributed by atoms with Gasteiger partial charge in [0.05, 0.1) is 38.1 Å². The monoisotopic (exact) mass is 901 g/mol. The normalized spacial score (nSPS) is 38.3. The maximum atomic E-state index is 9.40. The molecule has 0 bridgehead atoms. The molecule has 50 heavy (non-hydrogen) atoms. The summed E-state index contributed by atoms with van der Waals surface area (Å²) >= 11 is 0. The summed E-state index contributed by atoms with van der Waals surface area (Å²) in [5.74, 6) is -0.221. The zero-order valence-electron chi connectivity index (χ0n) is 31.8. The molecule has 3 aliphatic rings. The van der Waals surface area contributed by atoms with Gasteiger partial charge in [-0.3, -0.25) is 0 Å². The van der Waals surface area contributed by atoms with E-state index in [9.17, 15) is 30.6 Å². The quantitative estimate of drug-likeness (QED) is 0.120. The van der Waals surface area contributed by atoms with E-state index in [0.717, 1.165) is 0 Å². The van der Waals surface area contributed by atoms with Crippen molar-refractivity contribution in [1.82, 2.24) is 0 Å². The Morgan fingerprint density at radius 2 is 0.600 bits per heavy atom. The standard InChI is InChI=1S/3C11H22O5.CH3.W/c3*1-7-8(4-12)9(5-13)10(6-14-2)16-11(7)15-3;;/h3*7-13H,4-6H2,1-3H3;1H3;/q;;;-1;. The fraction of sp³-hybridized carbons (Fsp3) is 0.971.